The topological polar surface area (TPSA) is 118 Å². The first-order chi connectivity index (χ1) is 12.4. The number of nitro groups is 1. The summed E-state index contributed by atoms with van der Waals surface area (Å²) in [6, 6.07) is 5.71. The molecular formula is C16H14N4O5S. The summed E-state index contributed by atoms with van der Waals surface area (Å²) in [4.78, 5) is 43.3. The standard InChI is InChI=1S/C16H14N4O5S/c1-19(8-13-17-10-5-6-26-14(10)15(21)18-13)16(22)9-3-4-12(25-2)11(7-9)20(23)24/h3-7H,8H2,1-2H3,(H,17,18,21). The average molecular weight is 374 g/mol. The lowest BCUT2D eigenvalue weighted by Crippen LogP contribution is -2.28. The fourth-order valence-electron chi connectivity index (χ4n) is 2.48. The number of nitro benzene ring substituents is 1. The molecule has 1 amide bonds. The second-order valence-electron chi connectivity index (χ2n) is 5.45. The number of aromatic amines is 1. The summed E-state index contributed by atoms with van der Waals surface area (Å²) in [5, 5.41) is 12.9. The zero-order valence-electron chi connectivity index (χ0n) is 13.9. The van der Waals surface area contributed by atoms with Crippen molar-refractivity contribution in [2.24, 2.45) is 0 Å². The summed E-state index contributed by atoms with van der Waals surface area (Å²) in [6.07, 6.45) is 0. The van der Waals surface area contributed by atoms with Gasteiger partial charge >= 0.3 is 5.69 Å². The van der Waals surface area contributed by atoms with Crippen LogP contribution in [0.25, 0.3) is 10.2 Å². The van der Waals surface area contributed by atoms with Crippen molar-refractivity contribution >= 4 is 33.1 Å². The van der Waals surface area contributed by atoms with E-state index in [1.807, 2.05) is 0 Å². The SMILES string of the molecule is COc1ccc(C(=O)N(C)Cc2nc3ccsc3c(=O)[nH]2)cc1[N+](=O)[O-]. The Hall–Kier alpha value is -3.27. The van der Waals surface area contributed by atoms with Gasteiger partial charge in [0.1, 0.15) is 10.5 Å². The predicted molar refractivity (Wildman–Crippen MR) is 95.7 cm³/mol. The Labute approximate surface area is 151 Å². The average Bonchev–Trinajstić information content (AvgIpc) is 3.09. The molecule has 134 valence electrons. The Bertz CT molecular complexity index is 1060. The monoisotopic (exact) mass is 374 g/mol. The lowest BCUT2D eigenvalue weighted by Gasteiger charge is -2.16. The summed E-state index contributed by atoms with van der Waals surface area (Å²) < 4.78 is 5.45. The Balaban J connectivity index is 1.86. The van der Waals surface area contributed by atoms with Gasteiger partial charge in [-0.15, -0.1) is 11.3 Å². The number of hydrogen-bond donors (Lipinski definition) is 1. The highest BCUT2D eigenvalue weighted by atomic mass is 32.1. The molecule has 1 N–H and O–H groups in total. The van der Waals surface area contributed by atoms with Crippen molar-refractivity contribution in [1.29, 1.82) is 0 Å². The molecule has 26 heavy (non-hydrogen) atoms. The van der Waals surface area contributed by atoms with E-state index >= 15 is 0 Å². The largest absolute Gasteiger partial charge is 0.490 e. The number of fused-ring (bicyclic) bond motifs is 1. The van der Waals surface area contributed by atoms with Crippen LogP contribution >= 0.6 is 11.3 Å². The molecule has 0 bridgehead atoms. The number of H-pyrrole nitrogens is 1. The first-order valence-electron chi connectivity index (χ1n) is 7.45. The van der Waals surface area contributed by atoms with E-state index in [1.54, 1.807) is 11.4 Å². The van der Waals surface area contributed by atoms with Crippen LogP contribution in [0.5, 0.6) is 5.75 Å². The molecule has 0 unspecified atom stereocenters. The number of carbonyl (C=O) groups is 1. The zero-order valence-corrected chi connectivity index (χ0v) is 14.7. The maximum atomic E-state index is 12.6. The number of hydrogen-bond acceptors (Lipinski definition) is 7. The van der Waals surface area contributed by atoms with Crippen LogP contribution in [-0.2, 0) is 6.54 Å². The van der Waals surface area contributed by atoms with E-state index in [0.29, 0.717) is 16.0 Å². The third-order valence-corrected chi connectivity index (χ3v) is 4.62. The van der Waals surface area contributed by atoms with Crippen LogP contribution in [0.4, 0.5) is 5.69 Å². The highest BCUT2D eigenvalue weighted by Gasteiger charge is 2.20. The number of amides is 1. The van der Waals surface area contributed by atoms with E-state index in [1.165, 1.54) is 42.5 Å². The fraction of sp³-hybridized carbons (Fsp3) is 0.188. The van der Waals surface area contributed by atoms with Gasteiger partial charge in [-0.3, -0.25) is 19.7 Å². The first kappa shape index (κ1) is 17.5. The molecule has 0 saturated heterocycles. The molecular weight excluding hydrogens is 360 g/mol. The number of rotatable bonds is 5. The molecule has 3 aromatic rings. The third-order valence-electron chi connectivity index (χ3n) is 3.72. The molecule has 0 saturated carbocycles. The van der Waals surface area contributed by atoms with Gasteiger partial charge in [0, 0.05) is 18.7 Å². The molecule has 1 aromatic carbocycles. The lowest BCUT2D eigenvalue weighted by molar-refractivity contribution is -0.385. The molecule has 0 aliphatic carbocycles. The Morgan fingerprint density at radius 3 is 2.88 bits per heavy atom. The van der Waals surface area contributed by atoms with Crippen LogP contribution in [0.1, 0.15) is 16.2 Å². The van der Waals surface area contributed by atoms with Crippen LogP contribution < -0.4 is 10.3 Å². The third kappa shape index (κ3) is 3.26. The van der Waals surface area contributed by atoms with Crippen molar-refractivity contribution in [3.05, 3.63) is 61.5 Å². The van der Waals surface area contributed by atoms with E-state index in [9.17, 15) is 19.7 Å². The lowest BCUT2D eigenvalue weighted by atomic mass is 10.1. The minimum atomic E-state index is -0.612. The van der Waals surface area contributed by atoms with Gasteiger partial charge in [-0.2, -0.15) is 0 Å². The molecule has 0 fully saturated rings. The number of benzene rings is 1. The number of aromatic nitrogens is 2. The number of nitrogens with zero attached hydrogens (tertiary/aromatic N) is 3. The highest BCUT2D eigenvalue weighted by Crippen LogP contribution is 2.28. The molecule has 0 atom stereocenters. The molecule has 9 nitrogen and oxygen atoms in total. The van der Waals surface area contributed by atoms with Gasteiger partial charge in [0.2, 0.25) is 0 Å². The van der Waals surface area contributed by atoms with E-state index < -0.39 is 10.8 Å². The maximum Gasteiger partial charge on any atom is 0.311 e. The number of thiophene rings is 1. The van der Waals surface area contributed by atoms with E-state index in [0.717, 1.165) is 6.07 Å². The fourth-order valence-corrected chi connectivity index (χ4v) is 3.20. The number of carbonyl (C=O) groups excluding carboxylic acids is 1. The maximum absolute atomic E-state index is 12.6. The van der Waals surface area contributed by atoms with Crippen LogP contribution in [0.15, 0.2) is 34.4 Å². The summed E-state index contributed by atoms with van der Waals surface area (Å²) in [5.74, 6) is -0.0355. The summed E-state index contributed by atoms with van der Waals surface area (Å²) in [6.45, 7) is 0.0552. The predicted octanol–water partition coefficient (Wildman–Crippen LogP) is 2.17. The molecule has 0 aliphatic rings. The molecule has 3 rings (SSSR count). The number of methoxy groups -OCH3 is 1. The van der Waals surface area contributed by atoms with Gasteiger partial charge < -0.3 is 14.6 Å². The van der Waals surface area contributed by atoms with Gasteiger partial charge in [-0.1, -0.05) is 0 Å². The van der Waals surface area contributed by atoms with Gasteiger partial charge in [0.15, 0.2) is 5.75 Å². The van der Waals surface area contributed by atoms with Crippen molar-refractivity contribution in [3.63, 3.8) is 0 Å². The zero-order chi connectivity index (χ0) is 18.8. The molecule has 0 radical (unpaired) electrons. The van der Waals surface area contributed by atoms with Crippen molar-refractivity contribution in [2.45, 2.75) is 6.54 Å². The second kappa shape index (κ2) is 6.92. The van der Waals surface area contributed by atoms with Crippen molar-refractivity contribution < 1.29 is 14.5 Å². The van der Waals surface area contributed by atoms with E-state index in [2.05, 4.69) is 9.97 Å². The normalized spacial score (nSPS) is 10.7. The van der Waals surface area contributed by atoms with Crippen LogP contribution in [0.3, 0.4) is 0 Å². The van der Waals surface area contributed by atoms with Gasteiger partial charge in [0.25, 0.3) is 11.5 Å². The first-order valence-corrected chi connectivity index (χ1v) is 8.33. The van der Waals surface area contributed by atoms with Crippen LogP contribution in [0.2, 0.25) is 0 Å². The van der Waals surface area contributed by atoms with E-state index in [-0.39, 0.29) is 29.1 Å². The van der Waals surface area contributed by atoms with Crippen molar-refractivity contribution in [2.75, 3.05) is 14.2 Å². The Morgan fingerprint density at radius 2 is 2.19 bits per heavy atom. The Kier molecular flexibility index (Phi) is 4.67. The Morgan fingerprint density at radius 1 is 1.42 bits per heavy atom. The minimum absolute atomic E-state index is 0.0552. The van der Waals surface area contributed by atoms with Crippen LogP contribution in [0, 0.1) is 10.1 Å². The summed E-state index contributed by atoms with van der Waals surface area (Å²) in [7, 11) is 2.84. The van der Waals surface area contributed by atoms with Gasteiger partial charge in [0.05, 0.1) is 24.1 Å². The van der Waals surface area contributed by atoms with Crippen molar-refractivity contribution in [1.82, 2.24) is 14.9 Å². The second-order valence-corrected chi connectivity index (χ2v) is 6.37. The summed E-state index contributed by atoms with van der Waals surface area (Å²) >= 11 is 1.29. The molecule has 2 aromatic heterocycles. The minimum Gasteiger partial charge on any atom is -0.490 e. The van der Waals surface area contributed by atoms with Gasteiger partial charge in [-0.05, 0) is 23.6 Å². The van der Waals surface area contributed by atoms with E-state index in [4.69, 9.17) is 4.74 Å². The molecule has 0 aliphatic heterocycles. The van der Waals surface area contributed by atoms with Gasteiger partial charge in [-0.25, -0.2) is 4.98 Å². The van der Waals surface area contributed by atoms with Crippen molar-refractivity contribution in [3.8, 4) is 5.75 Å². The highest BCUT2D eigenvalue weighted by molar-refractivity contribution is 7.17. The molecule has 2 heterocycles. The van der Waals surface area contributed by atoms with Crippen LogP contribution in [-0.4, -0.2) is 39.9 Å². The molecule has 10 heteroatoms. The smallest absolute Gasteiger partial charge is 0.311 e. The number of ether oxygens (including phenoxy) is 1. The summed E-state index contributed by atoms with van der Waals surface area (Å²) in [5.41, 5.74) is 0.146. The number of nitrogens with one attached hydrogen (secondary N) is 1. The molecule has 0 spiro atoms. The quantitative estimate of drug-likeness (QED) is 0.540.